The Morgan fingerprint density at radius 3 is 2.71 bits per heavy atom. The van der Waals surface area contributed by atoms with Crippen LogP contribution in [0, 0.1) is 10.1 Å². The zero-order valence-corrected chi connectivity index (χ0v) is 12.6. The van der Waals surface area contributed by atoms with Crippen LogP contribution < -0.4 is 10.1 Å². The van der Waals surface area contributed by atoms with Crippen molar-refractivity contribution in [3.63, 3.8) is 0 Å². The predicted octanol–water partition coefficient (Wildman–Crippen LogP) is 4.41. The van der Waals surface area contributed by atoms with Gasteiger partial charge in [0.15, 0.2) is 0 Å². The minimum absolute atomic E-state index is 0.00351. The molecule has 7 heteroatoms. The summed E-state index contributed by atoms with van der Waals surface area (Å²) in [5, 5.41) is 14.7. The quantitative estimate of drug-likeness (QED) is 0.652. The van der Waals surface area contributed by atoms with E-state index in [2.05, 4.69) is 5.32 Å². The van der Waals surface area contributed by atoms with Crippen LogP contribution in [0.15, 0.2) is 36.4 Å². The highest BCUT2D eigenvalue weighted by molar-refractivity contribution is 6.32. The van der Waals surface area contributed by atoms with Gasteiger partial charge >= 0.3 is 5.69 Å². The van der Waals surface area contributed by atoms with E-state index in [4.69, 9.17) is 27.9 Å². The molecular formula is C14H12Cl2N2O3. The van der Waals surface area contributed by atoms with Crippen LogP contribution in [0.5, 0.6) is 11.5 Å². The first-order valence-electron chi connectivity index (χ1n) is 6.06. The molecule has 2 aromatic rings. The van der Waals surface area contributed by atoms with E-state index in [0.29, 0.717) is 17.3 Å². The Hall–Kier alpha value is -1.82. The fourth-order valence-electron chi connectivity index (χ4n) is 1.81. The van der Waals surface area contributed by atoms with Crippen LogP contribution in [0.4, 0.5) is 5.69 Å². The van der Waals surface area contributed by atoms with Crippen LogP contribution in [0.2, 0.25) is 10.0 Å². The number of nitrogens with zero attached hydrogens (tertiary/aromatic N) is 1. The second-order valence-corrected chi connectivity index (χ2v) is 5.07. The molecule has 21 heavy (non-hydrogen) atoms. The minimum atomic E-state index is -0.538. The molecule has 0 aliphatic rings. The highest BCUT2D eigenvalue weighted by Crippen LogP contribution is 2.39. The summed E-state index contributed by atoms with van der Waals surface area (Å²) in [5.74, 6) is 0.428. The highest BCUT2D eigenvalue weighted by atomic mass is 35.5. The smallest absolute Gasteiger partial charge is 0.313 e. The number of nitro groups is 1. The summed E-state index contributed by atoms with van der Waals surface area (Å²) in [7, 11) is 1.79. The van der Waals surface area contributed by atoms with Crippen molar-refractivity contribution >= 4 is 28.9 Å². The van der Waals surface area contributed by atoms with Crippen molar-refractivity contribution in [3.8, 4) is 11.5 Å². The van der Waals surface area contributed by atoms with Crippen molar-refractivity contribution in [2.45, 2.75) is 6.54 Å². The molecule has 0 saturated carbocycles. The standard InChI is InChI=1S/C14H12Cl2N2O3/c1-17-8-9-5-6-10(15)7-13(9)21-14-11(16)3-2-4-12(14)18(19)20/h2-7,17H,8H2,1H3. The lowest BCUT2D eigenvalue weighted by Gasteiger charge is -2.12. The number of para-hydroxylation sites is 1. The Bertz CT molecular complexity index is 677. The first-order chi connectivity index (χ1) is 10.0. The Kier molecular flexibility index (Phi) is 5.01. The second kappa shape index (κ2) is 6.76. The van der Waals surface area contributed by atoms with Gasteiger partial charge in [0, 0.05) is 23.2 Å². The fraction of sp³-hybridized carbons (Fsp3) is 0.143. The van der Waals surface area contributed by atoms with E-state index in [1.165, 1.54) is 18.2 Å². The number of hydrogen-bond acceptors (Lipinski definition) is 4. The van der Waals surface area contributed by atoms with Crippen molar-refractivity contribution < 1.29 is 9.66 Å². The average Bonchev–Trinajstić information content (AvgIpc) is 2.44. The maximum Gasteiger partial charge on any atom is 0.313 e. The number of halogens is 2. The van der Waals surface area contributed by atoms with Crippen LogP contribution in [0.3, 0.4) is 0 Å². The first-order valence-corrected chi connectivity index (χ1v) is 6.82. The van der Waals surface area contributed by atoms with Gasteiger partial charge in [0.2, 0.25) is 5.75 Å². The number of rotatable bonds is 5. The number of nitrogens with one attached hydrogen (secondary N) is 1. The van der Waals surface area contributed by atoms with Crippen LogP contribution in [0.1, 0.15) is 5.56 Å². The lowest BCUT2D eigenvalue weighted by Crippen LogP contribution is -2.06. The topological polar surface area (TPSA) is 64.4 Å². The molecule has 0 amide bonds. The van der Waals surface area contributed by atoms with E-state index in [1.807, 2.05) is 0 Å². The van der Waals surface area contributed by atoms with Gasteiger partial charge in [0.25, 0.3) is 0 Å². The molecule has 0 aliphatic carbocycles. The summed E-state index contributed by atoms with van der Waals surface area (Å²) in [5.41, 5.74) is 0.619. The summed E-state index contributed by atoms with van der Waals surface area (Å²) in [6, 6.07) is 9.48. The summed E-state index contributed by atoms with van der Waals surface area (Å²) >= 11 is 12.0. The molecule has 2 rings (SSSR count). The van der Waals surface area contributed by atoms with E-state index >= 15 is 0 Å². The van der Waals surface area contributed by atoms with E-state index < -0.39 is 4.92 Å². The molecule has 0 fully saturated rings. The maximum atomic E-state index is 11.1. The van der Waals surface area contributed by atoms with Gasteiger partial charge in [0.05, 0.1) is 9.95 Å². The second-order valence-electron chi connectivity index (χ2n) is 4.23. The molecule has 2 aromatic carbocycles. The molecule has 0 saturated heterocycles. The van der Waals surface area contributed by atoms with Crippen molar-refractivity contribution in [1.29, 1.82) is 0 Å². The Labute approximate surface area is 131 Å². The molecule has 0 bridgehead atoms. The number of nitro benzene ring substituents is 1. The molecule has 0 spiro atoms. The predicted molar refractivity (Wildman–Crippen MR) is 82.4 cm³/mol. The van der Waals surface area contributed by atoms with Crippen LogP contribution >= 0.6 is 23.2 Å². The Morgan fingerprint density at radius 2 is 2.05 bits per heavy atom. The number of benzene rings is 2. The molecule has 0 aliphatic heterocycles. The summed E-state index contributed by atoms with van der Waals surface area (Å²) < 4.78 is 5.67. The highest BCUT2D eigenvalue weighted by Gasteiger charge is 2.20. The molecule has 0 heterocycles. The molecule has 0 radical (unpaired) electrons. The Morgan fingerprint density at radius 1 is 1.29 bits per heavy atom. The maximum absolute atomic E-state index is 11.1. The molecule has 0 unspecified atom stereocenters. The van der Waals surface area contributed by atoms with Gasteiger partial charge in [-0.2, -0.15) is 0 Å². The van der Waals surface area contributed by atoms with Gasteiger partial charge in [-0.15, -0.1) is 0 Å². The summed E-state index contributed by atoms with van der Waals surface area (Å²) in [4.78, 5) is 10.5. The normalized spacial score (nSPS) is 10.4. The van der Waals surface area contributed by atoms with E-state index in [-0.39, 0.29) is 16.5 Å². The lowest BCUT2D eigenvalue weighted by molar-refractivity contribution is -0.385. The first kappa shape index (κ1) is 15.6. The van der Waals surface area contributed by atoms with E-state index in [1.54, 1.807) is 25.2 Å². The zero-order valence-electron chi connectivity index (χ0n) is 11.1. The fourth-order valence-corrected chi connectivity index (χ4v) is 2.18. The van der Waals surface area contributed by atoms with Gasteiger partial charge in [0.1, 0.15) is 5.75 Å². The summed E-state index contributed by atoms with van der Waals surface area (Å²) in [6.07, 6.45) is 0. The molecule has 5 nitrogen and oxygen atoms in total. The average molecular weight is 327 g/mol. The molecular weight excluding hydrogens is 315 g/mol. The van der Waals surface area contributed by atoms with Gasteiger partial charge in [-0.05, 0) is 25.2 Å². The third-order valence-corrected chi connectivity index (χ3v) is 3.28. The minimum Gasteiger partial charge on any atom is -0.448 e. The zero-order chi connectivity index (χ0) is 15.4. The third kappa shape index (κ3) is 3.64. The lowest BCUT2D eigenvalue weighted by atomic mass is 10.2. The van der Waals surface area contributed by atoms with Crippen LogP contribution in [-0.4, -0.2) is 12.0 Å². The van der Waals surface area contributed by atoms with E-state index in [0.717, 1.165) is 5.56 Å². The van der Waals surface area contributed by atoms with Gasteiger partial charge < -0.3 is 10.1 Å². The van der Waals surface area contributed by atoms with E-state index in [9.17, 15) is 10.1 Å². The summed E-state index contributed by atoms with van der Waals surface area (Å²) in [6.45, 7) is 0.532. The molecule has 0 atom stereocenters. The number of ether oxygens (including phenoxy) is 1. The van der Waals surface area contributed by atoms with Gasteiger partial charge in [-0.1, -0.05) is 35.3 Å². The van der Waals surface area contributed by atoms with Crippen molar-refractivity contribution in [1.82, 2.24) is 5.32 Å². The SMILES string of the molecule is CNCc1ccc(Cl)cc1Oc1c(Cl)cccc1[N+](=O)[O-]. The van der Waals surface area contributed by atoms with Crippen molar-refractivity contribution in [2.24, 2.45) is 0 Å². The van der Waals surface area contributed by atoms with Crippen molar-refractivity contribution in [2.75, 3.05) is 7.05 Å². The Balaban J connectivity index is 2.47. The van der Waals surface area contributed by atoms with Crippen molar-refractivity contribution in [3.05, 3.63) is 62.1 Å². The van der Waals surface area contributed by atoms with Crippen LogP contribution in [-0.2, 0) is 6.54 Å². The third-order valence-electron chi connectivity index (χ3n) is 2.75. The van der Waals surface area contributed by atoms with Gasteiger partial charge in [-0.3, -0.25) is 10.1 Å². The molecule has 1 N–H and O–H groups in total. The molecule has 0 aromatic heterocycles. The molecule has 110 valence electrons. The monoisotopic (exact) mass is 326 g/mol. The van der Waals surface area contributed by atoms with Crippen LogP contribution in [0.25, 0.3) is 0 Å². The number of hydrogen-bond donors (Lipinski definition) is 1. The van der Waals surface area contributed by atoms with Gasteiger partial charge in [-0.25, -0.2) is 0 Å². The largest absolute Gasteiger partial charge is 0.448 e.